The molecular formula is C17H17Cl2NO4. The molecule has 0 spiro atoms. The van der Waals surface area contributed by atoms with Crippen LogP contribution in [0, 0.1) is 6.92 Å². The number of ether oxygens (including phenoxy) is 1. The van der Waals surface area contributed by atoms with E-state index in [1.54, 1.807) is 38.2 Å². The highest BCUT2D eigenvalue weighted by atomic mass is 35.5. The minimum atomic E-state index is -0.468. The molecule has 7 heteroatoms. The minimum Gasteiger partial charge on any atom is -0.465 e. The Morgan fingerprint density at radius 1 is 1.25 bits per heavy atom. The van der Waals surface area contributed by atoms with Crippen molar-refractivity contribution in [1.82, 2.24) is 4.90 Å². The number of likely N-dealkylation sites (N-methyl/N-ethyl adjacent to an activating group) is 1. The number of furan rings is 1. The number of esters is 1. The zero-order chi connectivity index (χ0) is 17.9. The van der Waals surface area contributed by atoms with Crippen molar-refractivity contribution in [3.05, 3.63) is 57.0 Å². The smallest absolute Gasteiger partial charge is 0.341 e. The van der Waals surface area contributed by atoms with Gasteiger partial charge in [-0.05, 0) is 30.7 Å². The van der Waals surface area contributed by atoms with Crippen molar-refractivity contribution in [3.8, 4) is 0 Å². The molecule has 0 N–H and O–H groups in total. The van der Waals surface area contributed by atoms with Gasteiger partial charge in [-0.2, -0.15) is 0 Å². The zero-order valence-electron chi connectivity index (χ0n) is 13.6. The number of amides is 1. The average Bonchev–Trinajstić information content (AvgIpc) is 2.89. The van der Waals surface area contributed by atoms with E-state index < -0.39 is 5.97 Å². The summed E-state index contributed by atoms with van der Waals surface area (Å²) in [5, 5.41) is 0.969. The van der Waals surface area contributed by atoms with E-state index >= 15 is 0 Å². The second kappa shape index (κ2) is 7.73. The molecule has 2 rings (SSSR count). The SMILES string of the molecule is COC(=O)c1cc(CN(C)C(=O)Cc2ccc(Cl)cc2Cl)oc1C. The third-order valence-electron chi connectivity index (χ3n) is 3.55. The number of hydrogen-bond donors (Lipinski definition) is 0. The van der Waals surface area contributed by atoms with Gasteiger partial charge >= 0.3 is 5.97 Å². The Morgan fingerprint density at radius 2 is 1.96 bits per heavy atom. The number of benzene rings is 1. The fraction of sp³-hybridized carbons (Fsp3) is 0.294. The topological polar surface area (TPSA) is 59.8 Å². The maximum atomic E-state index is 12.3. The van der Waals surface area contributed by atoms with Crippen molar-refractivity contribution in [2.45, 2.75) is 19.9 Å². The van der Waals surface area contributed by atoms with Crippen molar-refractivity contribution in [2.75, 3.05) is 14.2 Å². The Balaban J connectivity index is 2.05. The van der Waals surface area contributed by atoms with E-state index in [2.05, 4.69) is 4.74 Å². The summed E-state index contributed by atoms with van der Waals surface area (Å²) in [5.41, 5.74) is 1.05. The third kappa shape index (κ3) is 4.30. The van der Waals surface area contributed by atoms with Crippen LogP contribution in [0.15, 0.2) is 28.7 Å². The molecule has 2 aromatic rings. The normalized spacial score (nSPS) is 10.5. The molecule has 1 aromatic carbocycles. The molecule has 0 aliphatic carbocycles. The predicted molar refractivity (Wildman–Crippen MR) is 91.4 cm³/mol. The van der Waals surface area contributed by atoms with Gasteiger partial charge in [0.15, 0.2) is 0 Å². The van der Waals surface area contributed by atoms with E-state index in [4.69, 9.17) is 27.6 Å². The monoisotopic (exact) mass is 369 g/mol. The molecule has 0 fully saturated rings. The highest BCUT2D eigenvalue weighted by Gasteiger charge is 2.18. The zero-order valence-corrected chi connectivity index (χ0v) is 15.1. The van der Waals surface area contributed by atoms with Crippen LogP contribution in [0.5, 0.6) is 0 Å². The number of aryl methyl sites for hydroxylation is 1. The molecule has 0 aliphatic heterocycles. The molecule has 1 amide bonds. The number of rotatable bonds is 5. The third-order valence-corrected chi connectivity index (χ3v) is 4.14. The largest absolute Gasteiger partial charge is 0.465 e. The first-order valence-electron chi connectivity index (χ1n) is 7.17. The van der Waals surface area contributed by atoms with Crippen LogP contribution >= 0.6 is 23.2 Å². The molecular weight excluding hydrogens is 353 g/mol. The van der Waals surface area contributed by atoms with E-state index in [1.165, 1.54) is 12.0 Å². The summed E-state index contributed by atoms with van der Waals surface area (Å²) in [6, 6.07) is 6.60. The van der Waals surface area contributed by atoms with Gasteiger partial charge in [0.25, 0.3) is 0 Å². The maximum Gasteiger partial charge on any atom is 0.341 e. The number of hydrogen-bond acceptors (Lipinski definition) is 4. The Kier molecular flexibility index (Phi) is 5.91. The lowest BCUT2D eigenvalue weighted by Crippen LogP contribution is -2.27. The Hall–Kier alpha value is -1.98. The summed E-state index contributed by atoms with van der Waals surface area (Å²) in [4.78, 5) is 25.4. The first-order chi connectivity index (χ1) is 11.3. The standard InChI is InChI=1S/C17H17Cl2NO4/c1-10-14(17(22)23-3)8-13(24-10)9-20(2)16(21)6-11-4-5-12(18)7-15(11)19/h4-5,7-8H,6,9H2,1-3H3. The molecule has 0 unspecified atom stereocenters. The van der Waals surface area contributed by atoms with E-state index in [1.807, 2.05) is 0 Å². The number of methoxy groups -OCH3 is 1. The van der Waals surface area contributed by atoms with Crippen molar-refractivity contribution < 1.29 is 18.7 Å². The highest BCUT2D eigenvalue weighted by molar-refractivity contribution is 6.35. The quantitative estimate of drug-likeness (QED) is 0.750. The van der Waals surface area contributed by atoms with E-state index in [0.717, 1.165) is 0 Å². The van der Waals surface area contributed by atoms with Crippen LogP contribution in [0.3, 0.4) is 0 Å². The number of halogens is 2. The molecule has 0 bridgehead atoms. The Morgan fingerprint density at radius 3 is 2.58 bits per heavy atom. The van der Waals surface area contributed by atoms with Crippen LogP contribution in [-0.4, -0.2) is 30.9 Å². The van der Waals surface area contributed by atoms with Crippen LogP contribution < -0.4 is 0 Å². The fourth-order valence-electron chi connectivity index (χ4n) is 2.22. The maximum absolute atomic E-state index is 12.3. The van der Waals surface area contributed by atoms with Gasteiger partial charge in [-0.25, -0.2) is 4.79 Å². The van der Waals surface area contributed by atoms with Crippen molar-refractivity contribution >= 4 is 35.1 Å². The predicted octanol–water partition coefficient (Wildman–Crippen LogP) is 3.88. The number of carbonyl (C=O) groups is 2. The Labute approximate surface area is 150 Å². The molecule has 1 heterocycles. The van der Waals surface area contributed by atoms with Crippen molar-refractivity contribution in [2.24, 2.45) is 0 Å². The lowest BCUT2D eigenvalue weighted by atomic mass is 10.1. The summed E-state index contributed by atoms with van der Waals surface area (Å²) in [5.74, 6) is 0.363. The first kappa shape index (κ1) is 18.4. The molecule has 0 radical (unpaired) electrons. The van der Waals surface area contributed by atoms with Crippen molar-refractivity contribution in [1.29, 1.82) is 0 Å². The average molecular weight is 370 g/mol. The Bertz CT molecular complexity index is 770. The lowest BCUT2D eigenvalue weighted by molar-refractivity contribution is -0.129. The lowest BCUT2D eigenvalue weighted by Gasteiger charge is -2.16. The van der Waals surface area contributed by atoms with Crippen LogP contribution in [0.25, 0.3) is 0 Å². The summed E-state index contributed by atoms with van der Waals surface area (Å²) in [7, 11) is 2.96. The molecule has 0 aliphatic rings. The van der Waals surface area contributed by atoms with E-state index in [9.17, 15) is 9.59 Å². The second-order valence-corrected chi connectivity index (χ2v) is 6.18. The van der Waals surface area contributed by atoms with E-state index in [0.29, 0.717) is 32.7 Å². The summed E-state index contributed by atoms with van der Waals surface area (Å²) in [6.07, 6.45) is 0.149. The second-order valence-electron chi connectivity index (χ2n) is 5.34. The van der Waals surface area contributed by atoms with Gasteiger partial charge < -0.3 is 14.1 Å². The van der Waals surface area contributed by atoms with Crippen molar-refractivity contribution in [3.63, 3.8) is 0 Å². The van der Waals surface area contributed by atoms with Crippen LogP contribution in [0.1, 0.15) is 27.4 Å². The van der Waals surface area contributed by atoms with Crippen LogP contribution in [-0.2, 0) is 22.5 Å². The molecule has 1 aromatic heterocycles. The van der Waals surface area contributed by atoms with Crippen LogP contribution in [0.4, 0.5) is 0 Å². The van der Waals surface area contributed by atoms with Crippen LogP contribution in [0.2, 0.25) is 10.0 Å². The first-order valence-corrected chi connectivity index (χ1v) is 7.93. The highest BCUT2D eigenvalue weighted by Crippen LogP contribution is 2.22. The molecule has 128 valence electrons. The molecule has 5 nitrogen and oxygen atoms in total. The van der Waals surface area contributed by atoms with Gasteiger partial charge in [0.2, 0.25) is 5.91 Å². The summed E-state index contributed by atoms with van der Waals surface area (Å²) in [6.45, 7) is 1.91. The van der Waals surface area contributed by atoms with Gasteiger partial charge in [0, 0.05) is 17.1 Å². The molecule has 0 atom stereocenters. The molecule has 24 heavy (non-hydrogen) atoms. The van der Waals surface area contributed by atoms with Gasteiger partial charge in [0.05, 0.1) is 20.1 Å². The number of carbonyl (C=O) groups excluding carboxylic acids is 2. The van der Waals surface area contributed by atoms with Gasteiger partial charge in [-0.1, -0.05) is 29.3 Å². The van der Waals surface area contributed by atoms with Gasteiger partial charge in [0.1, 0.15) is 17.1 Å². The van der Waals surface area contributed by atoms with Gasteiger partial charge in [-0.3, -0.25) is 4.79 Å². The fourth-order valence-corrected chi connectivity index (χ4v) is 2.69. The summed E-state index contributed by atoms with van der Waals surface area (Å²) >= 11 is 11.9. The summed E-state index contributed by atoms with van der Waals surface area (Å²) < 4.78 is 10.2. The molecule has 0 saturated heterocycles. The minimum absolute atomic E-state index is 0.132. The van der Waals surface area contributed by atoms with E-state index in [-0.39, 0.29) is 18.9 Å². The molecule has 0 saturated carbocycles. The number of nitrogens with zero attached hydrogens (tertiary/aromatic N) is 1. The van der Waals surface area contributed by atoms with Gasteiger partial charge in [-0.15, -0.1) is 0 Å².